The molecule has 104 valence electrons. The number of thiophene rings is 1. The lowest BCUT2D eigenvalue weighted by atomic mass is 10.2. The van der Waals surface area contributed by atoms with Crippen molar-refractivity contribution in [3.63, 3.8) is 0 Å². The molecule has 0 aliphatic heterocycles. The number of halogens is 2. The number of rotatable bonds is 4. The minimum atomic E-state index is -0.162. The molecule has 3 heterocycles. The van der Waals surface area contributed by atoms with Crippen LogP contribution in [0, 0.1) is 0 Å². The second-order valence-electron chi connectivity index (χ2n) is 4.62. The summed E-state index contributed by atoms with van der Waals surface area (Å²) in [4.78, 5) is 8.96. The predicted octanol–water partition coefficient (Wildman–Crippen LogP) is 4.69. The first-order valence-corrected chi connectivity index (χ1v) is 8.07. The van der Waals surface area contributed by atoms with Crippen LogP contribution in [0.1, 0.15) is 23.7 Å². The van der Waals surface area contributed by atoms with Crippen LogP contribution in [0.3, 0.4) is 0 Å². The number of pyridine rings is 1. The summed E-state index contributed by atoms with van der Waals surface area (Å²) in [6.45, 7) is 2.74. The van der Waals surface area contributed by atoms with E-state index in [1.807, 2.05) is 13.0 Å². The van der Waals surface area contributed by atoms with Gasteiger partial charge in [-0.1, -0.05) is 11.6 Å². The fourth-order valence-electron chi connectivity index (χ4n) is 2.20. The molecule has 0 saturated carbocycles. The maximum Gasteiger partial charge on any atom is 0.160 e. The largest absolute Gasteiger partial charge is 0.311 e. The summed E-state index contributed by atoms with van der Waals surface area (Å²) in [6, 6.07) is 3.96. The Labute approximate surface area is 131 Å². The highest BCUT2D eigenvalue weighted by Gasteiger charge is 2.16. The summed E-state index contributed by atoms with van der Waals surface area (Å²) in [5, 5.41) is 4.68. The number of aryl methyl sites for hydroxylation is 2. The third-order valence-corrected chi connectivity index (χ3v) is 4.27. The highest BCUT2D eigenvalue weighted by atomic mass is 35.5. The lowest BCUT2D eigenvalue weighted by molar-refractivity contribution is 0.664. The standard InChI is InChI=1S/C14H13Cl2N3S/c1-9(15)13-18-12-6-11(16)7-17-14(12)19(13)4-2-10-3-5-20-8-10/h3,5-9H,2,4H2,1H3. The van der Waals surface area contributed by atoms with Crippen molar-refractivity contribution in [3.05, 3.63) is 45.5 Å². The fourth-order valence-corrected chi connectivity index (χ4v) is 3.23. The minimum absolute atomic E-state index is 0.162. The SMILES string of the molecule is CC(Cl)c1nc2cc(Cl)cnc2n1CCc1ccsc1. The van der Waals surface area contributed by atoms with Gasteiger partial charge in [-0.3, -0.25) is 0 Å². The van der Waals surface area contributed by atoms with E-state index in [0.29, 0.717) is 5.02 Å². The first-order chi connectivity index (χ1) is 9.65. The lowest BCUT2D eigenvalue weighted by Gasteiger charge is -2.09. The van der Waals surface area contributed by atoms with E-state index in [1.165, 1.54) is 5.56 Å². The van der Waals surface area contributed by atoms with Gasteiger partial charge in [0.2, 0.25) is 0 Å². The Morgan fingerprint density at radius 3 is 3.00 bits per heavy atom. The summed E-state index contributed by atoms with van der Waals surface area (Å²) >= 11 is 13.9. The van der Waals surface area contributed by atoms with Gasteiger partial charge in [0.05, 0.1) is 10.4 Å². The molecule has 1 atom stereocenters. The summed E-state index contributed by atoms with van der Waals surface area (Å²) < 4.78 is 2.08. The summed E-state index contributed by atoms with van der Waals surface area (Å²) in [5.41, 5.74) is 2.96. The van der Waals surface area contributed by atoms with E-state index in [2.05, 4.69) is 31.4 Å². The van der Waals surface area contributed by atoms with Gasteiger partial charge in [0.1, 0.15) is 11.3 Å². The fraction of sp³-hybridized carbons (Fsp3) is 0.286. The maximum absolute atomic E-state index is 6.24. The third kappa shape index (κ3) is 2.68. The number of aromatic nitrogens is 3. The van der Waals surface area contributed by atoms with E-state index in [0.717, 1.165) is 30.0 Å². The van der Waals surface area contributed by atoms with Gasteiger partial charge in [0.15, 0.2) is 5.65 Å². The molecule has 3 aromatic heterocycles. The van der Waals surface area contributed by atoms with Crippen LogP contribution in [0.15, 0.2) is 29.1 Å². The number of hydrogen-bond acceptors (Lipinski definition) is 3. The van der Waals surface area contributed by atoms with Crippen molar-refractivity contribution in [2.75, 3.05) is 0 Å². The molecular formula is C14H13Cl2N3S. The van der Waals surface area contributed by atoms with Gasteiger partial charge in [0, 0.05) is 12.7 Å². The molecular weight excluding hydrogens is 313 g/mol. The second kappa shape index (κ2) is 5.72. The zero-order valence-corrected chi connectivity index (χ0v) is 13.2. The van der Waals surface area contributed by atoms with Gasteiger partial charge in [-0.25, -0.2) is 9.97 Å². The van der Waals surface area contributed by atoms with Crippen LogP contribution in [0.2, 0.25) is 5.02 Å². The van der Waals surface area contributed by atoms with E-state index in [4.69, 9.17) is 23.2 Å². The third-order valence-electron chi connectivity index (χ3n) is 3.14. The average molecular weight is 326 g/mol. The molecule has 6 heteroatoms. The van der Waals surface area contributed by atoms with Crippen LogP contribution >= 0.6 is 34.5 Å². The molecule has 0 aromatic carbocycles. The van der Waals surface area contributed by atoms with Crippen LogP contribution < -0.4 is 0 Å². The maximum atomic E-state index is 6.24. The van der Waals surface area contributed by atoms with Crippen molar-refractivity contribution in [1.82, 2.24) is 14.5 Å². The van der Waals surface area contributed by atoms with Crippen molar-refractivity contribution in [1.29, 1.82) is 0 Å². The number of alkyl halides is 1. The Kier molecular flexibility index (Phi) is 3.96. The molecule has 3 nitrogen and oxygen atoms in total. The van der Waals surface area contributed by atoms with Crippen LogP contribution in [-0.4, -0.2) is 14.5 Å². The van der Waals surface area contributed by atoms with E-state index >= 15 is 0 Å². The summed E-state index contributed by atoms with van der Waals surface area (Å²) in [5.74, 6) is 0.840. The number of hydrogen-bond donors (Lipinski definition) is 0. The molecule has 3 aromatic rings. The zero-order valence-electron chi connectivity index (χ0n) is 10.9. The summed E-state index contributed by atoms with van der Waals surface area (Å²) in [7, 11) is 0. The number of fused-ring (bicyclic) bond motifs is 1. The smallest absolute Gasteiger partial charge is 0.160 e. The molecule has 0 aliphatic carbocycles. The lowest BCUT2D eigenvalue weighted by Crippen LogP contribution is -2.07. The monoisotopic (exact) mass is 325 g/mol. The second-order valence-corrected chi connectivity index (χ2v) is 6.49. The van der Waals surface area contributed by atoms with E-state index in [-0.39, 0.29) is 5.38 Å². The summed E-state index contributed by atoms with van der Waals surface area (Å²) in [6.07, 6.45) is 2.59. The Hall–Kier alpha value is -1.10. The number of nitrogens with zero attached hydrogens (tertiary/aromatic N) is 3. The molecule has 0 fully saturated rings. The van der Waals surface area contributed by atoms with E-state index in [1.54, 1.807) is 17.5 Å². The van der Waals surface area contributed by atoms with Crippen molar-refractivity contribution in [3.8, 4) is 0 Å². The highest BCUT2D eigenvalue weighted by molar-refractivity contribution is 7.07. The van der Waals surface area contributed by atoms with Crippen LogP contribution in [0.5, 0.6) is 0 Å². The Bertz CT molecular complexity index is 719. The topological polar surface area (TPSA) is 30.7 Å². The van der Waals surface area contributed by atoms with Gasteiger partial charge >= 0.3 is 0 Å². The first-order valence-electron chi connectivity index (χ1n) is 6.32. The van der Waals surface area contributed by atoms with Gasteiger partial charge in [-0.15, -0.1) is 11.6 Å². The van der Waals surface area contributed by atoms with Gasteiger partial charge < -0.3 is 4.57 Å². The Morgan fingerprint density at radius 2 is 2.30 bits per heavy atom. The predicted molar refractivity (Wildman–Crippen MR) is 84.8 cm³/mol. The molecule has 0 N–H and O–H groups in total. The Balaban J connectivity index is 2.00. The van der Waals surface area contributed by atoms with Crippen LogP contribution in [0.4, 0.5) is 0 Å². The average Bonchev–Trinajstić information content (AvgIpc) is 3.02. The van der Waals surface area contributed by atoms with E-state index < -0.39 is 0 Å². The molecule has 0 aliphatic rings. The molecule has 1 unspecified atom stereocenters. The van der Waals surface area contributed by atoms with Crippen LogP contribution in [-0.2, 0) is 13.0 Å². The van der Waals surface area contributed by atoms with Gasteiger partial charge in [-0.2, -0.15) is 11.3 Å². The molecule has 0 spiro atoms. The first kappa shape index (κ1) is 13.9. The molecule has 0 amide bonds. The van der Waals surface area contributed by atoms with Crippen molar-refractivity contribution >= 4 is 45.7 Å². The number of imidazole rings is 1. The normalized spacial score (nSPS) is 12.9. The van der Waals surface area contributed by atoms with Crippen molar-refractivity contribution in [2.24, 2.45) is 0 Å². The van der Waals surface area contributed by atoms with Crippen LogP contribution in [0.25, 0.3) is 11.2 Å². The molecule has 0 bridgehead atoms. The van der Waals surface area contributed by atoms with Gasteiger partial charge in [0.25, 0.3) is 0 Å². The van der Waals surface area contributed by atoms with E-state index in [9.17, 15) is 0 Å². The van der Waals surface area contributed by atoms with Crippen molar-refractivity contribution < 1.29 is 0 Å². The Morgan fingerprint density at radius 1 is 1.45 bits per heavy atom. The van der Waals surface area contributed by atoms with Gasteiger partial charge in [-0.05, 0) is 41.8 Å². The van der Waals surface area contributed by atoms with Crippen molar-refractivity contribution in [2.45, 2.75) is 25.3 Å². The molecule has 3 rings (SSSR count). The minimum Gasteiger partial charge on any atom is -0.311 e. The quantitative estimate of drug-likeness (QED) is 0.651. The highest BCUT2D eigenvalue weighted by Crippen LogP contribution is 2.25. The molecule has 0 radical (unpaired) electrons. The zero-order chi connectivity index (χ0) is 14.1. The molecule has 0 saturated heterocycles. The molecule has 20 heavy (non-hydrogen) atoms.